The molecule has 0 aliphatic rings. The van der Waals surface area contributed by atoms with E-state index in [9.17, 15) is 18.9 Å². The standard InChI is InChI=1S/C32H70O10P4/c1-5-9-13-17-21-25-29-37-41-45(34,35)46(36,40-32-28-24-20-16-12-8-4)42-43(33)44(38-30-26-22-18-14-10-6-2)39-31-27-23-19-15-11-7-3/h33H,5-32H2,1-4H3,(H,34,35). The Morgan fingerprint density at radius 2 is 0.848 bits per heavy atom. The van der Waals surface area contributed by atoms with Crippen LogP contribution in [-0.2, 0) is 36.6 Å². The van der Waals surface area contributed by atoms with Crippen LogP contribution in [0.5, 0.6) is 0 Å². The van der Waals surface area contributed by atoms with Crippen LogP contribution in [0.2, 0.25) is 0 Å². The van der Waals surface area contributed by atoms with Crippen LogP contribution in [0.4, 0.5) is 0 Å². The summed E-state index contributed by atoms with van der Waals surface area (Å²) in [7, 11) is -14.7. The molecule has 3 unspecified atom stereocenters. The molecule has 0 aromatic rings. The molecular weight excluding hydrogens is 668 g/mol. The third kappa shape index (κ3) is 25.9. The Balaban J connectivity index is 5.33. The largest absolute Gasteiger partial charge is 0.465 e. The summed E-state index contributed by atoms with van der Waals surface area (Å²) in [4.78, 5) is 26.9. The van der Waals surface area contributed by atoms with Crippen molar-refractivity contribution < 1.29 is 46.4 Å². The van der Waals surface area contributed by atoms with Gasteiger partial charge in [-0.1, -0.05) is 156 Å². The summed E-state index contributed by atoms with van der Waals surface area (Å²) in [5.41, 5.74) is 0. The van der Waals surface area contributed by atoms with E-state index in [1.165, 1.54) is 38.5 Å². The van der Waals surface area contributed by atoms with Gasteiger partial charge in [0.15, 0.2) is 0 Å². The van der Waals surface area contributed by atoms with Gasteiger partial charge < -0.3 is 18.8 Å². The first-order valence-corrected chi connectivity index (χ1v) is 25.3. The van der Waals surface area contributed by atoms with Gasteiger partial charge in [-0.05, 0) is 25.7 Å². The lowest BCUT2D eigenvalue weighted by Crippen LogP contribution is -2.03. The Hall–Kier alpha value is 1.000. The highest BCUT2D eigenvalue weighted by Crippen LogP contribution is 2.88. The predicted octanol–water partition coefficient (Wildman–Crippen LogP) is 13.3. The molecule has 0 heterocycles. The quantitative estimate of drug-likeness (QED) is 0.0275. The van der Waals surface area contributed by atoms with E-state index in [0.717, 1.165) is 103 Å². The SMILES string of the molecule is CCCCCCCCOOP(=O)(O)P(=O)(OCCCCCCCC)OP(O)P(OCCCCCCCC)OCCCCCCCC. The summed E-state index contributed by atoms with van der Waals surface area (Å²) in [6.45, 7) is 9.31. The van der Waals surface area contributed by atoms with Crippen LogP contribution in [0.1, 0.15) is 182 Å². The smallest absolute Gasteiger partial charge is 0.343 e. The minimum absolute atomic E-state index is 0.0669. The Morgan fingerprint density at radius 1 is 0.500 bits per heavy atom. The van der Waals surface area contributed by atoms with Crippen LogP contribution in [0, 0.1) is 0 Å². The van der Waals surface area contributed by atoms with E-state index in [1.54, 1.807) is 0 Å². The first-order chi connectivity index (χ1) is 22.3. The van der Waals surface area contributed by atoms with Gasteiger partial charge in [0.1, 0.15) is 0 Å². The molecule has 0 aromatic heterocycles. The van der Waals surface area contributed by atoms with Gasteiger partial charge in [0.25, 0.3) is 16.1 Å². The molecule has 3 atom stereocenters. The maximum absolute atomic E-state index is 13.9. The van der Waals surface area contributed by atoms with Crippen molar-refractivity contribution in [1.29, 1.82) is 0 Å². The molecule has 0 saturated heterocycles. The van der Waals surface area contributed by atoms with Crippen molar-refractivity contribution in [2.75, 3.05) is 26.4 Å². The van der Waals surface area contributed by atoms with Crippen LogP contribution in [0.25, 0.3) is 0 Å². The summed E-state index contributed by atoms with van der Waals surface area (Å²) >= 11 is 0. The van der Waals surface area contributed by atoms with Crippen molar-refractivity contribution in [3.63, 3.8) is 0 Å². The van der Waals surface area contributed by atoms with Gasteiger partial charge in [0, 0.05) is 0 Å². The van der Waals surface area contributed by atoms with Crippen molar-refractivity contribution in [3.8, 4) is 0 Å². The van der Waals surface area contributed by atoms with E-state index >= 15 is 0 Å². The zero-order valence-corrected chi connectivity index (χ0v) is 33.3. The molecule has 0 bridgehead atoms. The lowest BCUT2D eigenvalue weighted by atomic mass is 10.1. The highest BCUT2D eigenvalue weighted by atomic mass is 32.2. The van der Waals surface area contributed by atoms with Gasteiger partial charge in [0.05, 0.1) is 26.4 Å². The number of unbranched alkanes of at least 4 members (excludes halogenated alkanes) is 20. The molecule has 0 radical (unpaired) electrons. The fraction of sp³-hybridized carbons (Fsp3) is 1.00. The average Bonchev–Trinajstić information content (AvgIpc) is 3.03. The number of hydrogen-bond donors (Lipinski definition) is 2. The third-order valence-electron chi connectivity index (χ3n) is 7.51. The third-order valence-corrected chi connectivity index (χ3v) is 16.7. The first-order valence-electron chi connectivity index (χ1n) is 18.4. The monoisotopic (exact) mass is 738 g/mol. The van der Waals surface area contributed by atoms with E-state index in [1.807, 2.05) is 0 Å². The van der Waals surface area contributed by atoms with E-state index < -0.39 is 30.7 Å². The minimum atomic E-state index is -5.09. The number of rotatable bonds is 37. The second-order valence-electron chi connectivity index (χ2n) is 12.0. The minimum Gasteiger partial charge on any atom is -0.343 e. The van der Waals surface area contributed by atoms with Gasteiger partial charge in [-0.3, -0.25) is 4.52 Å². The Labute approximate surface area is 284 Å². The van der Waals surface area contributed by atoms with Crippen LogP contribution in [0.15, 0.2) is 0 Å². The molecule has 10 nitrogen and oxygen atoms in total. The molecule has 0 aromatic carbocycles. The van der Waals surface area contributed by atoms with Crippen molar-refractivity contribution >= 4 is 30.7 Å². The molecular formula is C32H70O10P4. The zero-order valence-electron chi connectivity index (χ0n) is 29.7. The van der Waals surface area contributed by atoms with E-state index in [-0.39, 0.29) is 13.2 Å². The first kappa shape index (κ1) is 47.0. The second-order valence-corrected chi connectivity index (χ2v) is 21.5. The topological polar surface area (TPSA) is 130 Å². The summed E-state index contributed by atoms with van der Waals surface area (Å²) < 4.78 is 54.8. The molecule has 0 aliphatic carbocycles. The molecule has 0 saturated carbocycles. The molecule has 278 valence electrons. The normalized spacial score (nSPS) is 15.3. The Bertz CT molecular complexity index is 732. The van der Waals surface area contributed by atoms with Crippen LogP contribution in [-0.4, -0.2) is 36.2 Å². The summed E-state index contributed by atoms with van der Waals surface area (Å²) in [5.74, 6) is 0. The fourth-order valence-electron chi connectivity index (χ4n) is 4.60. The van der Waals surface area contributed by atoms with Gasteiger partial charge >= 0.3 is 14.6 Å². The summed E-state index contributed by atoms with van der Waals surface area (Å²) in [6.07, 6.45) is 24.4. The molecule has 46 heavy (non-hydrogen) atoms. The second kappa shape index (κ2) is 33.2. The van der Waals surface area contributed by atoms with Gasteiger partial charge in [-0.2, -0.15) is 0 Å². The zero-order chi connectivity index (χ0) is 34.2. The van der Waals surface area contributed by atoms with Gasteiger partial charge in [-0.25, -0.2) is 18.3 Å². The summed E-state index contributed by atoms with van der Waals surface area (Å²) in [5, 5.41) is 0. The fourth-order valence-corrected chi connectivity index (χ4v) is 13.3. The van der Waals surface area contributed by atoms with E-state index in [2.05, 4.69) is 27.7 Å². The highest BCUT2D eigenvalue weighted by Gasteiger charge is 2.53. The van der Waals surface area contributed by atoms with Crippen LogP contribution >= 0.6 is 30.7 Å². The lowest BCUT2D eigenvalue weighted by molar-refractivity contribution is -0.211. The lowest BCUT2D eigenvalue weighted by Gasteiger charge is -2.26. The molecule has 2 N–H and O–H groups in total. The number of hydrogen-bond acceptors (Lipinski definition) is 9. The molecule has 0 spiro atoms. The Kier molecular flexibility index (Phi) is 33.9. The van der Waals surface area contributed by atoms with Gasteiger partial charge in [-0.15, -0.1) is 4.67 Å². The molecule has 0 rings (SSSR count). The van der Waals surface area contributed by atoms with Crippen LogP contribution < -0.4 is 0 Å². The van der Waals surface area contributed by atoms with Crippen molar-refractivity contribution in [3.05, 3.63) is 0 Å². The van der Waals surface area contributed by atoms with Crippen molar-refractivity contribution in [2.45, 2.75) is 182 Å². The van der Waals surface area contributed by atoms with Gasteiger partial charge in [0.2, 0.25) is 0 Å². The molecule has 0 aliphatic heterocycles. The average molecular weight is 739 g/mol. The maximum Gasteiger partial charge on any atom is 0.465 e. The predicted molar refractivity (Wildman–Crippen MR) is 193 cm³/mol. The van der Waals surface area contributed by atoms with Crippen LogP contribution in [0.3, 0.4) is 0 Å². The molecule has 0 amide bonds. The van der Waals surface area contributed by atoms with Crippen molar-refractivity contribution in [2.24, 2.45) is 0 Å². The summed E-state index contributed by atoms with van der Waals surface area (Å²) in [6, 6.07) is 0. The van der Waals surface area contributed by atoms with E-state index in [0.29, 0.717) is 26.1 Å². The Morgan fingerprint density at radius 3 is 1.26 bits per heavy atom. The molecule has 0 fully saturated rings. The van der Waals surface area contributed by atoms with Crippen molar-refractivity contribution in [1.82, 2.24) is 0 Å². The highest BCUT2D eigenvalue weighted by molar-refractivity contribution is 8.31. The molecule has 14 heteroatoms. The maximum atomic E-state index is 13.9. The van der Waals surface area contributed by atoms with E-state index in [4.69, 9.17) is 27.4 Å².